The molecule has 0 unspecified atom stereocenters. The molecule has 1 amide bonds. The predicted molar refractivity (Wildman–Crippen MR) is 113 cm³/mol. The van der Waals surface area contributed by atoms with Gasteiger partial charge in [-0.3, -0.25) is 14.8 Å². The number of fused-ring (bicyclic) bond motifs is 1. The number of alkyl halides is 2. The second kappa shape index (κ2) is 8.71. The molecular weight excluding hydrogens is 402 g/mol. The number of hydrogen-bond donors (Lipinski definition) is 1. The van der Waals surface area contributed by atoms with Gasteiger partial charge < -0.3 is 15.1 Å². The molecule has 2 aliphatic heterocycles. The first-order chi connectivity index (χ1) is 14.8. The van der Waals surface area contributed by atoms with Crippen LogP contribution in [0.15, 0.2) is 24.5 Å². The molecule has 164 valence electrons. The third kappa shape index (κ3) is 4.90. The number of amides is 1. The minimum absolute atomic E-state index is 0.165. The summed E-state index contributed by atoms with van der Waals surface area (Å²) in [5, 5.41) is 12.1. The smallest absolute Gasteiger partial charge is 0.267 e. The van der Waals surface area contributed by atoms with Gasteiger partial charge in [-0.15, -0.1) is 0 Å². The quantitative estimate of drug-likeness (QED) is 0.806. The van der Waals surface area contributed by atoms with Gasteiger partial charge in [0.15, 0.2) is 0 Å². The van der Waals surface area contributed by atoms with Crippen LogP contribution in [0.5, 0.6) is 0 Å². The number of likely N-dealkylation sites (tertiary alicyclic amines) is 1. The molecule has 0 aliphatic carbocycles. The molecule has 0 spiro atoms. The normalized spacial score (nSPS) is 22.3. The molecule has 1 atom stereocenters. The molecule has 0 bridgehead atoms. The topological polar surface area (TPSA) is 85.2 Å². The Kier molecular flexibility index (Phi) is 6.01. The lowest BCUT2D eigenvalue weighted by Crippen LogP contribution is -2.55. The molecule has 4 rings (SSSR count). The molecular formula is C22H26F2N6O. The molecule has 2 saturated heterocycles. The van der Waals surface area contributed by atoms with Crippen molar-refractivity contribution < 1.29 is 13.6 Å². The Morgan fingerprint density at radius 3 is 2.68 bits per heavy atom. The summed E-state index contributed by atoms with van der Waals surface area (Å²) in [4.78, 5) is 24.8. The highest BCUT2D eigenvalue weighted by Gasteiger charge is 2.41. The van der Waals surface area contributed by atoms with E-state index in [0.717, 1.165) is 25.9 Å². The van der Waals surface area contributed by atoms with Crippen molar-refractivity contribution in [2.24, 2.45) is 5.92 Å². The van der Waals surface area contributed by atoms with Crippen molar-refractivity contribution in [1.29, 1.82) is 5.26 Å². The third-order valence-corrected chi connectivity index (χ3v) is 6.15. The zero-order valence-corrected chi connectivity index (χ0v) is 17.5. The third-order valence-electron chi connectivity index (χ3n) is 6.15. The number of rotatable bonds is 4. The minimum Gasteiger partial charge on any atom is -0.362 e. The second-order valence-electron chi connectivity index (χ2n) is 8.65. The first-order valence-corrected chi connectivity index (χ1v) is 10.6. The maximum atomic E-state index is 14.6. The van der Waals surface area contributed by atoms with Crippen molar-refractivity contribution in [3.8, 4) is 6.07 Å². The van der Waals surface area contributed by atoms with Gasteiger partial charge in [-0.2, -0.15) is 5.26 Å². The van der Waals surface area contributed by atoms with Crippen molar-refractivity contribution in [2.75, 3.05) is 38.1 Å². The van der Waals surface area contributed by atoms with Crippen LogP contribution < -0.4 is 10.2 Å². The fourth-order valence-electron chi connectivity index (χ4n) is 4.58. The van der Waals surface area contributed by atoms with Crippen LogP contribution in [0.4, 0.5) is 14.5 Å². The van der Waals surface area contributed by atoms with E-state index in [9.17, 15) is 18.8 Å². The zero-order valence-electron chi connectivity index (χ0n) is 17.5. The van der Waals surface area contributed by atoms with Gasteiger partial charge in [-0.05, 0) is 51.0 Å². The number of carbonyl (C=O) groups is 1. The summed E-state index contributed by atoms with van der Waals surface area (Å²) in [6, 6.07) is 4.61. The van der Waals surface area contributed by atoms with Crippen molar-refractivity contribution >= 4 is 22.6 Å². The Morgan fingerprint density at radius 2 is 1.97 bits per heavy atom. The van der Waals surface area contributed by atoms with Crippen LogP contribution in [0.25, 0.3) is 11.0 Å². The maximum Gasteiger partial charge on any atom is 0.267 e. The molecule has 2 aliphatic rings. The molecule has 1 aromatic heterocycles. The number of nitriles is 1. The molecule has 7 nitrogen and oxygen atoms in total. The van der Waals surface area contributed by atoms with E-state index in [1.54, 1.807) is 17.0 Å². The molecule has 1 aromatic carbocycles. The summed E-state index contributed by atoms with van der Waals surface area (Å²) in [7, 11) is 2.06. The summed E-state index contributed by atoms with van der Waals surface area (Å²) in [6.45, 7) is 1.71. The number of halogens is 2. The summed E-state index contributed by atoms with van der Waals surface area (Å²) in [6.07, 6.45) is 4.85. The molecule has 0 saturated carbocycles. The van der Waals surface area contributed by atoms with Crippen molar-refractivity contribution in [3.05, 3.63) is 30.1 Å². The van der Waals surface area contributed by atoms with Gasteiger partial charge in [0.1, 0.15) is 17.1 Å². The Balaban J connectivity index is 1.50. The van der Waals surface area contributed by atoms with Crippen molar-refractivity contribution in [2.45, 2.75) is 37.6 Å². The van der Waals surface area contributed by atoms with Crippen LogP contribution in [0.2, 0.25) is 0 Å². The highest BCUT2D eigenvalue weighted by molar-refractivity contribution is 5.92. The van der Waals surface area contributed by atoms with Gasteiger partial charge in [0.05, 0.1) is 23.8 Å². The molecule has 9 heteroatoms. The van der Waals surface area contributed by atoms with E-state index in [1.165, 1.54) is 12.4 Å². The van der Waals surface area contributed by atoms with E-state index in [2.05, 4.69) is 33.3 Å². The van der Waals surface area contributed by atoms with E-state index in [4.69, 9.17) is 0 Å². The van der Waals surface area contributed by atoms with Crippen molar-refractivity contribution in [1.82, 2.24) is 20.2 Å². The molecule has 3 heterocycles. The number of nitrogens with zero attached hydrogens (tertiary/aromatic N) is 5. The van der Waals surface area contributed by atoms with Crippen molar-refractivity contribution in [3.63, 3.8) is 0 Å². The van der Waals surface area contributed by atoms with Crippen LogP contribution in [0, 0.1) is 17.2 Å². The monoisotopic (exact) mass is 428 g/mol. The average Bonchev–Trinajstić information content (AvgIpc) is 2.73. The lowest BCUT2D eigenvalue weighted by atomic mass is 9.93. The fourth-order valence-corrected chi connectivity index (χ4v) is 4.58. The number of piperidine rings is 2. The molecule has 2 fully saturated rings. The van der Waals surface area contributed by atoms with Crippen LogP contribution >= 0.6 is 0 Å². The largest absolute Gasteiger partial charge is 0.362 e. The first-order valence-electron chi connectivity index (χ1n) is 10.6. The lowest BCUT2D eigenvalue weighted by Gasteiger charge is -2.39. The highest BCUT2D eigenvalue weighted by atomic mass is 19.3. The van der Waals surface area contributed by atoms with Crippen LogP contribution in [0.1, 0.15) is 31.2 Å². The molecule has 0 radical (unpaired) electrons. The van der Waals surface area contributed by atoms with Crippen LogP contribution in [0.3, 0.4) is 0 Å². The number of hydrogen-bond acceptors (Lipinski definition) is 6. The SMILES string of the molecule is CN1CCC(CC(=O)N[C@H]2CN(c3ccc(C#N)c4nccnc34)CC(F)(F)C2)CC1. The van der Waals surface area contributed by atoms with E-state index < -0.39 is 18.5 Å². The standard InChI is InChI=1S/C22H26F2N6O/c1-29-8-4-15(5-9-29)10-19(31)28-17-11-22(23,24)14-30(13-17)18-3-2-16(12-25)20-21(18)27-7-6-26-20/h2-3,6-7,15,17H,4-5,8-11,13-14H2,1H3,(H,28,31)/t17-/m1/s1. The Morgan fingerprint density at radius 1 is 1.26 bits per heavy atom. The van der Waals surface area contributed by atoms with E-state index in [0.29, 0.717) is 34.6 Å². The Hall–Kier alpha value is -2.86. The second-order valence-corrected chi connectivity index (χ2v) is 8.65. The van der Waals surface area contributed by atoms with Gasteiger partial charge in [0.2, 0.25) is 5.91 Å². The first kappa shape index (κ1) is 21.4. The minimum atomic E-state index is -2.95. The molecule has 1 N–H and O–H groups in total. The summed E-state index contributed by atoms with van der Waals surface area (Å²) in [5.41, 5.74) is 1.64. The Bertz CT molecular complexity index is 999. The average molecular weight is 428 g/mol. The van der Waals surface area contributed by atoms with Gasteiger partial charge in [0.25, 0.3) is 5.92 Å². The summed E-state index contributed by atoms with van der Waals surface area (Å²) in [5.74, 6) is -2.82. The van der Waals surface area contributed by atoms with Gasteiger partial charge >= 0.3 is 0 Å². The number of anilines is 1. The van der Waals surface area contributed by atoms with Gasteiger partial charge in [-0.25, -0.2) is 8.78 Å². The summed E-state index contributed by atoms with van der Waals surface area (Å²) >= 11 is 0. The molecule has 2 aromatic rings. The van der Waals surface area contributed by atoms with E-state index >= 15 is 0 Å². The van der Waals surface area contributed by atoms with Gasteiger partial charge in [0, 0.05) is 31.8 Å². The molecule has 31 heavy (non-hydrogen) atoms. The summed E-state index contributed by atoms with van der Waals surface area (Å²) < 4.78 is 29.2. The number of carbonyl (C=O) groups excluding carboxylic acids is 1. The highest BCUT2D eigenvalue weighted by Crippen LogP contribution is 2.34. The lowest BCUT2D eigenvalue weighted by molar-refractivity contribution is -0.123. The van der Waals surface area contributed by atoms with Crippen LogP contribution in [-0.4, -0.2) is 66.0 Å². The number of benzene rings is 1. The number of nitrogens with one attached hydrogen (secondary N) is 1. The predicted octanol–water partition coefficient (Wildman–Crippen LogP) is 2.56. The van der Waals surface area contributed by atoms with Crippen LogP contribution in [-0.2, 0) is 4.79 Å². The van der Waals surface area contributed by atoms with E-state index in [-0.39, 0.29) is 18.9 Å². The van der Waals surface area contributed by atoms with E-state index in [1.807, 2.05) is 0 Å². The van der Waals surface area contributed by atoms with Gasteiger partial charge in [-0.1, -0.05) is 0 Å². The number of aromatic nitrogens is 2. The fraction of sp³-hybridized carbons (Fsp3) is 0.545. The zero-order chi connectivity index (χ0) is 22.0. The maximum absolute atomic E-state index is 14.6. The Labute approximate surface area is 180 Å².